The normalized spacial score (nSPS) is 12.6. The van der Waals surface area contributed by atoms with E-state index in [1.165, 1.54) is 11.1 Å². The SMILES string of the molecule is CN[C@@H](C)Cc1ccc(O)cc1.CN[C@@H](C)Cc1ccc(O)cc1.O=S(=O)(O)O. The smallest absolute Gasteiger partial charge is 0.394 e. The topological polar surface area (TPSA) is 139 Å². The van der Waals surface area contributed by atoms with Crippen LogP contribution in [-0.2, 0) is 23.2 Å². The van der Waals surface area contributed by atoms with E-state index < -0.39 is 10.4 Å². The average molecular weight is 429 g/mol. The van der Waals surface area contributed by atoms with E-state index in [4.69, 9.17) is 27.7 Å². The van der Waals surface area contributed by atoms with Gasteiger partial charge in [0.15, 0.2) is 0 Å². The van der Waals surface area contributed by atoms with Crippen molar-refractivity contribution in [2.75, 3.05) is 14.1 Å². The lowest BCUT2D eigenvalue weighted by Gasteiger charge is -2.09. The van der Waals surface area contributed by atoms with E-state index in [0.717, 1.165) is 12.8 Å². The van der Waals surface area contributed by atoms with Gasteiger partial charge in [0.1, 0.15) is 11.5 Å². The Morgan fingerprint density at radius 3 is 1.17 bits per heavy atom. The van der Waals surface area contributed by atoms with Crippen LogP contribution in [0.2, 0.25) is 0 Å². The zero-order valence-electron chi connectivity index (χ0n) is 17.2. The van der Waals surface area contributed by atoms with Crippen LogP contribution in [0.4, 0.5) is 0 Å². The van der Waals surface area contributed by atoms with Gasteiger partial charge in [-0.25, -0.2) is 0 Å². The maximum absolute atomic E-state index is 9.03. The number of phenolic OH excluding ortho intramolecular Hbond substituents is 2. The quantitative estimate of drug-likeness (QED) is 0.386. The highest BCUT2D eigenvalue weighted by atomic mass is 32.3. The third-order valence-corrected chi connectivity index (χ3v) is 3.94. The monoisotopic (exact) mass is 428 g/mol. The molecular weight excluding hydrogens is 396 g/mol. The predicted octanol–water partition coefficient (Wildman–Crippen LogP) is 2.43. The molecule has 0 saturated heterocycles. The van der Waals surface area contributed by atoms with Crippen LogP contribution < -0.4 is 10.6 Å². The van der Waals surface area contributed by atoms with E-state index in [9.17, 15) is 0 Å². The summed E-state index contributed by atoms with van der Waals surface area (Å²) in [4.78, 5) is 0. The lowest BCUT2D eigenvalue weighted by Crippen LogP contribution is -2.23. The fourth-order valence-electron chi connectivity index (χ4n) is 2.18. The highest BCUT2D eigenvalue weighted by Crippen LogP contribution is 2.11. The first-order valence-electron chi connectivity index (χ1n) is 9.04. The van der Waals surface area contributed by atoms with Crippen molar-refractivity contribution < 1.29 is 27.7 Å². The molecule has 0 bridgehead atoms. The molecule has 164 valence electrons. The van der Waals surface area contributed by atoms with Crippen molar-refractivity contribution in [3.63, 3.8) is 0 Å². The molecule has 0 heterocycles. The third-order valence-electron chi connectivity index (χ3n) is 3.94. The summed E-state index contributed by atoms with van der Waals surface area (Å²) in [5, 5.41) is 24.4. The van der Waals surface area contributed by atoms with Gasteiger partial charge in [0.05, 0.1) is 0 Å². The number of phenols is 2. The Bertz CT molecular complexity index is 718. The summed E-state index contributed by atoms with van der Waals surface area (Å²) >= 11 is 0. The van der Waals surface area contributed by atoms with Crippen LogP contribution in [0, 0.1) is 0 Å². The zero-order valence-corrected chi connectivity index (χ0v) is 18.0. The van der Waals surface area contributed by atoms with Crippen molar-refractivity contribution in [2.45, 2.75) is 38.8 Å². The minimum absolute atomic E-state index is 0.330. The van der Waals surface area contributed by atoms with Gasteiger partial charge in [0.2, 0.25) is 0 Å². The van der Waals surface area contributed by atoms with Crippen LogP contribution in [0.1, 0.15) is 25.0 Å². The van der Waals surface area contributed by atoms with Gasteiger partial charge < -0.3 is 20.8 Å². The first kappa shape index (κ1) is 26.8. The Morgan fingerprint density at radius 2 is 0.966 bits per heavy atom. The summed E-state index contributed by atoms with van der Waals surface area (Å²) in [6.07, 6.45) is 1.99. The maximum atomic E-state index is 9.03. The molecule has 29 heavy (non-hydrogen) atoms. The van der Waals surface area contributed by atoms with Crippen LogP contribution in [0.5, 0.6) is 11.5 Å². The van der Waals surface area contributed by atoms with E-state index in [-0.39, 0.29) is 0 Å². The van der Waals surface area contributed by atoms with Gasteiger partial charge in [0.25, 0.3) is 0 Å². The molecule has 0 amide bonds. The van der Waals surface area contributed by atoms with Crippen LogP contribution in [0.15, 0.2) is 48.5 Å². The van der Waals surface area contributed by atoms with Gasteiger partial charge in [-0.05, 0) is 76.2 Å². The van der Waals surface area contributed by atoms with Gasteiger partial charge in [0, 0.05) is 12.1 Å². The Hall–Kier alpha value is -2.17. The number of rotatable bonds is 6. The lowest BCUT2D eigenvalue weighted by molar-refractivity contribution is 0.381. The highest BCUT2D eigenvalue weighted by molar-refractivity contribution is 7.79. The molecule has 0 radical (unpaired) electrons. The van der Waals surface area contributed by atoms with Gasteiger partial charge in [-0.3, -0.25) is 9.11 Å². The second-order valence-electron chi connectivity index (χ2n) is 6.57. The molecule has 0 fully saturated rings. The molecule has 0 spiro atoms. The fourth-order valence-corrected chi connectivity index (χ4v) is 2.18. The molecule has 0 unspecified atom stereocenters. The largest absolute Gasteiger partial charge is 0.508 e. The van der Waals surface area contributed by atoms with Gasteiger partial charge in [-0.15, -0.1) is 0 Å². The predicted molar refractivity (Wildman–Crippen MR) is 115 cm³/mol. The van der Waals surface area contributed by atoms with Crippen LogP contribution >= 0.6 is 0 Å². The van der Waals surface area contributed by atoms with Gasteiger partial charge >= 0.3 is 10.4 Å². The lowest BCUT2D eigenvalue weighted by atomic mass is 10.1. The first-order chi connectivity index (χ1) is 13.4. The van der Waals surface area contributed by atoms with Crippen LogP contribution in [0.3, 0.4) is 0 Å². The highest BCUT2D eigenvalue weighted by Gasteiger charge is 2.00. The van der Waals surface area contributed by atoms with Crippen LogP contribution in [0.25, 0.3) is 0 Å². The van der Waals surface area contributed by atoms with Crippen molar-refractivity contribution in [3.05, 3.63) is 59.7 Å². The van der Waals surface area contributed by atoms with E-state index in [1.807, 2.05) is 38.4 Å². The zero-order chi connectivity index (χ0) is 22.4. The maximum Gasteiger partial charge on any atom is 0.394 e. The Balaban J connectivity index is 0.000000442. The van der Waals surface area contributed by atoms with Crippen molar-refractivity contribution in [2.24, 2.45) is 0 Å². The molecule has 2 aromatic carbocycles. The van der Waals surface area contributed by atoms with E-state index in [1.54, 1.807) is 24.3 Å². The van der Waals surface area contributed by atoms with Crippen molar-refractivity contribution in [1.29, 1.82) is 0 Å². The molecule has 0 aliphatic carbocycles. The van der Waals surface area contributed by atoms with Crippen molar-refractivity contribution in [3.8, 4) is 11.5 Å². The molecule has 2 aromatic rings. The summed E-state index contributed by atoms with van der Waals surface area (Å²) in [6.45, 7) is 4.26. The molecule has 0 aliphatic rings. The average Bonchev–Trinajstić information content (AvgIpc) is 2.64. The van der Waals surface area contributed by atoms with Gasteiger partial charge in [-0.2, -0.15) is 8.42 Å². The number of hydrogen-bond donors (Lipinski definition) is 6. The summed E-state index contributed by atoms with van der Waals surface area (Å²) in [5.74, 6) is 0.659. The Morgan fingerprint density at radius 1 is 0.724 bits per heavy atom. The second-order valence-corrected chi connectivity index (χ2v) is 7.46. The molecular formula is C20H32N2O6S. The third kappa shape index (κ3) is 16.5. The minimum Gasteiger partial charge on any atom is -0.508 e. The Labute approximate surface area is 173 Å². The molecule has 6 N–H and O–H groups in total. The molecule has 9 heteroatoms. The molecule has 0 aliphatic heterocycles. The number of nitrogens with one attached hydrogen (secondary N) is 2. The summed E-state index contributed by atoms with van der Waals surface area (Å²) < 4.78 is 31.6. The first-order valence-corrected chi connectivity index (χ1v) is 10.4. The number of hydrogen-bond acceptors (Lipinski definition) is 6. The van der Waals surface area contributed by atoms with Gasteiger partial charge in [-0.1, -0.05) is 24.3 Å². The van der Waals surface area contributed by atoms with E-state index in [0.29, 0.717) is 23.6 Å². The van der Waals surface area contributed by atoms with Crippen molar-refractivity contribution >= 4 is 10.4 Å². The fraction of sp³-hybridized carbons (Fsp3) is 0.400. The van der Waals surface area contributed by atoms with Crippen LogP contribution in [-0.4, -0.2) is 53.9 Å². The molecule has 0 aromatic heterocycles. The number of benzene rings is 2. The number of likely N-dealkylation sites (N-methyl/N-ethyl adjacent to an activating group) is 2. The molecule has 0 saturated carbocycles. The van der Waals surface area contributed by atoms with E-state index in [2.05, 4.69) is 24.5 Å². The number of aromatic hydroxyl groups is 2. The molecule has 2 atom stereocenters. The molecule has 2 rings (SSSR count). The standard InChI is InChI=1S/2C10H15NO.H2O4S/c2*1-8(11-2)7-9-3-5-10(12)6-4-9;1-5(2,3)4/h2*3-6,8,11-12H,7H2,1-2H3;(H2,1,2,3,4)/t2*8-;/m00./s1. The molecule has 8 nitrogen and oxygen atoms in total. The van der Waals surface area contributed by atoms with Crippen molar-refractivity contribution in [1.82, 2.24) is 10.6 Å². The summed E-state index contributed by atoms with van der Waals surface area (Å²) in [6, 6.07) is 15.6. The Kier molecular flexibility index (Phi) is 12.9. The van der Waals surface area contributed by atoms with E-state index >= 15 is 0 Å². The second kappa shape index (κ2) is 13.9. The summed E-state index contributed by atoms with van der Waals surface area (Å²) in [5.41, 5.74) is 2.49. The summed E-state index contributed by atoms with van der Waals surface area (Å²) in [7, 11) is -0.768. The minimum atomic E-state index is -4.67.